The second-order valence-corrected chi connectivity index (χ2v) is 3.26. The highest BCUT2D eigenvalue weighted by molar-refractivity contribution is 5.46. The Bertz CT molecular complexity index is 407. The molecule has 0 saturated heterocycles. The van der Waals surface area contributed by atoms with Gasteiger partial charge in [0, 0.05) is 19.6 Å². The van der Waals surface area contributed by atoms with Crippen LogP contribution in [0.4, 0.5) is 4.39 Å². The van der Waals surface area contributed by atoms with Gasteiger partial charge in [-0.05, 0) is 12.1 Å². The van der Waals surface area contributed by atoms with Crippen LogP contribution in [0.25, 0.3) is 0 Å². The Hall–Kier alpha value is -1.57. The fourth-order valence-corrected chi connectivity index (χ4v) is 1.17. The molecular formula is C13H15FO3. The smallest absolute Gasteiger partial charge is 0.137 e. The molecule has 0 atom stereocenters. The maximum absolute atomic E-state index is 13.0. The molecule has 1 N–H and O–H groups in total. The predicted octanol–water partition coefficient (Wildman–Crippen LogP) is 1.58. The molecule has 0 heterocycles. The van der Waals surface area contributed by atoms with Crippen LogP contribution in [0.2, 0.25) is 0 Å². The van der Waals surface area contributed by atoms with Crippen molar-refractivity contribution in [3.05, 3.63) is 29.6 Å². The molecule has 1 aromatic carbocycles. The molecule has 1 aromatic rings. The van der Waals surface area contributed by atoms with E-state index in [1.165, 1.54) is 12.1 Å². The van der Waals surface area contributed by atoms with Crippen LogP contribution < -0.4 is 4.74 Å². The molecule has 3 nitrogen and oxygen atoms in total. The minimum absolute atomic E-state index is 0.00800. The quantitative estimate of drug-likeness (QED) is 0.625. The van der Waals surface area contributed by atoms with Crippen molar-refractivity contribution >= 4 is 0 Å². The topological polar surface area (TPSA) is 38.7 Å². The van der Waals surface area contributed by atoms with E-state index in [1.807, 2.05) is 0 Å². The molecule has 0 saturated carbocycles. The van der Waals surface area contributed by atoms with E-state index in [0.717, 1.165) is 0 Å². The molecule has 0 aromatic heterocycles. The molecule has 0 unspecified atom stereocenters. The molecular weight excluding hydrogens is 223 g/mol. The lowest BCUT2D eigenvalue weighted by molar-refractivity contribution is 0.146. The van der Waals surface area contributed by atoms with Gasteiger partial charge in [-0.1, -0.05) is 11.8 Å². The maximum atomic E-state index is 13.0. The summed E-state index contributed by atoms with van der Waals surface area (Å²) in [6.07, 6.45) is 0.384. The van der Waals surface area contributed by atoms with Crippen molar-refractivity contribution in [1.82, 2.24) is 0 Å². The molecule has 1 rings (SSSR count). The molecule has 0 aliphatic heterocycles. The molecule has 0 aliphatic carbocycles. The van der Waals surface area contributed by atoms with Crippen molar-refractivity contribution in [3.8, 4) is 17.6 Å². The standard InChI is InChI=1S/C13H15FO3/c1-16-8-9-17-13-10-12(14)6-5-11(13)4-2-3-7-15/h5-6,10,15H,3,7-9H2,1H3. The zero-order valence-corrected chi connectivity index (χ0v) is 9.70. The highest BCUT2D eigenvalue weighted by atomic mass is 19.1. The Kier molecular flexibility index (Phi) is 6.08. The third-order valence-corrected chi connectivity index (χ3v) is 1.95. The number of rotatable bonds is 5. The van der Waals surface area contributed by atoms with Crippen LogP contribution in [-0.2, 0) is 4.74 Å². The third-order valence-electron chi connectivity index (χ3n) is 1.95. The van der Waals surface area contributed by atoms with Crippen LogP contribution in [0.15, 0.2) is 18.2 Å². The Morgan fingerprint density at radius 2 is 2.18 bits per heavy atom. The second-order valence-electron chi connectivity index (χ2n) is 3.26. The van der Waals surface area contributed by atoms with E-state index in [4.69, 9.17) is 14.6 Å². The van der Waals surface area contributed by atoms with Crippen LogP contribution >= 0.6 is 0 Å². The average molecular weight is 238 g/mol. The number of hydrogen-bond donors (Lipinski definition) is 1. The monoisotopic (exact) mass is 238 g/mol. The predicted molar refractivity (Wildman–Crippen MR) is 62.4 cm³/mol. The summed E-state index contributed by atoms with van der Waals surface area (Å²) < 4.78 is 23.2. The first kappa shape index (κ1) is 13.5. The fraction of sp³-hybridized carbons (Fsp3) is 0.385. The van der Waals surface area contributed by atoms with E-state index in [-0.39, 0.29) is 12.4 Å². The van der Waals surface area contributed by atoms with E-state index in [9.17, 15) is 4.39 Å². The van der Waals surface area contributed by atoms with Crippen LogP contribution in [0.5, 0.6) is 5.75 Å². The van der Waals surface area contributed by atoms with Crippen molar-refractivity contribution < 1.29 is 19.0 Å². The van der Waals surface area contributed by atoms with Crippen molar-refractivity contribution in [2.24, 2.45) is 0 Å². The summed E-state index contributed by atoms with van der Waals surface area (Å²) in [5, 5.41) is 8.62. The van der Waals surface area contributed by atoms with Gasteiger partial charge >= 0.3 is 0 Å². The molecule has 0 amide bonds. The zero-order valence-electron chi connectivity index (χ0n) is 9.70. The minimum atomic E-state index is -0.370. The van der Waals surface area contributed by atoms with Crippen LogP contribution in [0.1, 0.15) is 12.0 Å². The normalized spacial score (nSPS) is 9.59. The summed E-state index contributed by atoms with van der Waals surface area (Å²) in [5.41, 5.74) is 0.607. The van der Waals surface area contributed by atoms with Crippen molar-refractivity contribution in [3.63, 3.8) is 0 Å². The van der Waals surface area contributed by atoms with Crippen molar-refractivity contribution in [2.45, 2.75) is 6.42 Å². The first-order valence-electron chi connectivity index (χ1n) is 5.29. The lowest BCUT2D eigenvalue weighted by Gasteiger charge is -2.07. The number of methoxy groups -OCH3 is 1. The molecule has 0 bridgehead atoms. The van der Waals surface area contributed by atoms with Gasteiger partial charge in [0.15, 0.2) is 0 Å². The lowest BCUT2D eigenvalue weighted by atomic mass is 10.2. The first-order chi connectivity index (χ1) is 8.27. The fourth-order valence-electron chi connectivity index (χ4n) is 1.17. The third kappa shape index (κ3) is 4.85. The van der Waals surface area contributed by atoms with Gasteiger partial charge in [0.2, 0.25) is 0 Å². The summed E-state index contributed by atoms with van der Waals surface area (Å²) in [4.78, 5) is 0. The van der Waals surface area contributed by atoms with E-state index in [0.29, 0.717) is 30.9 Å². The van der Waals surface area contributed by atoms with Crippen LogP contribution in [0.3, 0.4) is 0 Å². The molecule has 17 heavy (non-hydrogen) atoms. The highest BCUT2D eigenvalue weighted by Crippen LogP contribution is 2.18. The molecule has 0 fully saturated rings. The summed E-state index contributed by atoms with van der Waals surface area (Å²) in [7, 11) is 1.57. The Morgan fingerprint density at radius 1 is 1.35 bits per heavy atom. The summed E-state index contributed by atoms with van der Waals surface area (Å²) in [5.74, 6) is 5.62. The van der Waals surface area contributed by atoms with Gasteiger partial charge in [-0.15, -0.1) is 0 Å². The SMILES string of the molecule is COCCOc1cc(F)ccc1C#CCCO. The maximum Gasteiger partial charge on any atom is 0.137 e. The molecule has 0 aliphatic rings. The molecule has 92 valence electrons. The largest absolute Gasteiger partial charge is 0.490 e. The Balaban J connectivity index is 2.77. The number of hydrogen-bond acceptors (Lipinski definition) is 3. The Morgan fingerprint density at radius 3 is 2.88 bits per heavy atom. The van der Waals surface area contributed by atoms with E-state index < -0.39 is 0 Å². The summed E-state index contributed by atoms with van der Waals surface area (Å²) in [6.45, 7) is 0.780. The van der Waals surface area contributed by atoms with Gasteiger partial charge in [0.1, 0.15) is 18.2 Å². The number of benzene rings is 1. The number of aliphatic hydroxyl groups excluding tert-OH is 1. The molecule has 4 heteroatoms. The van der Waals surface area contributed by atoms with Gasteiger partial charge in [-0.25, -0.2) is 4.39 Å². The van der Waals surface area contributed by atoms with Crippen molar-refractivity contribution in [1.29, 1.82) is 0 Å². The second kappa shape index (κ2) is 7.66. The molecule has 0 radical (unpaired) electrons. The number of halogens is 1. The zero-order chi connectivity index (χ0) is 12.5. The first-order valence-corrected chi connectivity index (χ1v) is 5.29. The average Bonchev–Trinajstić information content (AvgIpc) is 2.32. The van der Waals surface area contributed by atoms with Gasteiger partial charge in [-0.3, -0.25) is 0 Å². The Labute approximate surface area is 100 Å². The van der Waals surface area contributed by atoms with Gasteiger partial charge in [0.25, 0.3) is 0 Å². The van der Waals surface area contributed by atoms with Gasteiger partial charge in [-0.2, -0.15) is 0 Å². The lowest BCUT2D eigenvalue weighted by Crippen LogP contribution is -2.05. The minimum Gasteiger partial charge on any atom is -0.490 e. The molecule has 0 spiro atoms. The van der Waals surface area contributed by atoms with Crippen LogP contribution in [-0.4, -0.2) is 32.0 Å². The highest BCUT2D eigenvalue weighted by Gasteiger charge is 2.03. The van der Waals surface area contributed by atoms with Gasteiger partial charge < -0.3 is 14.6 Å². The van der Waals surface area contributed by atoms with E-state index >= 15 is 0 Å². The van der Waals surface area contributed by atoms with E-state index in [1.54, 1.807) is 13.2 Å². The summed E-state index contributed by atoms with van der Waals surface area (Å²) >= 11 is 0. The number of aliphatic hydroxyl groups is 1. The van der Waals surface area contributed by atoms with E-state index in [2.05, 4.69) is 11.8 Å². The summed E-state index contributed by atoms with van der Waals surface area (Å²) in [6, 6.07) is 4.17. The van der Waals surface area contributed by atoms with Gasteiger partial charge in [0.05, 0.1) is 18.8 Å². The number of ether oxygens (including phenoxy) is 2. The van der Waals surface area contributed by atoms with Crippen LogP contribution in [0, 0.1) is 17.7 Å². The van der Waals surface area contributed by atoms with Crippen molar-refractivity contribution in [2.75, 3.05) is 26.9 Å².